The Morgan fingerprint density at radius 2 is 1.78 bits per heavy atom. The average molecular weight is 243 g/mol. The van der Waals surface area contributed by atoms with Crippen molar-refractivity contribution in [3.05, 3.63) is 35.4 Å². The zero-order chi connectivity index (χ0) is 12.6. The van der Waals surface area contributed by atoms with Gasteiger partial charge in [0.25, 0.3) is 0 Å². The monoisotopic (exact) mass is 243 g/mol. The van der Waals surface area contributed by atoms with Crippen molar-refractivity contribution < 1.29 is 9.53 Å². The number of aliphatic imine (C=N–C) groups is 1. The Morgan fingerprint density at radius 1 is 1.17 bits per heavy atom. The van der Waals surface area contributed by atoms with Crippen LogP contribution in [0, 0.1) is 0 Å². The first-order valence-electron chi connectivity index (χ1n) is 6.44. The second-order valence-corrected chi connectivity index (χ2v) is 5.53. The van der Waals surface area contributed by atoms with E-state index in [2.05, 4.69) is 29.3 Å². The first-order chi connectivity index (χ1) is 8.75. The predicted molar refractivity (Wildman–Crippen MR) is 68.3 cm³/mol. The molecular weight excluding hydrogens is 226 g/mol. The van der Waals surface area contributed by atoms with Gasteiger partial charge in [-0.2, -0.15) is 4.99 Å². The lowest BCUT2D eigenvalue weighted by Crippen LogP contribution is -2.14. The van der Waals surface area contributed by atoms with E-state index in [0.29, 0.717) is 0 Å². The number of methoxy groups -OCH3 is 1. The molecule has 0 radical (unpaired) electrons. The third kappa shape index (κ3) is 1.80. The molecule has 3 heteroatoms. The number of benzene rings is 1. The lowest BCUT2D eigenvalue weighted by atomic mass is 9.94. The summed E-state index contributed by atoms with van der Waals surface area (Å²) in [6, 6.07) is 8.56. The molecule has 1 aromatic carbocycles. The minimum Gasteiger partial charge on any atom is -0.384 e. The zero-order valence-corrected chi connectivity index (χ0v) is 10.6. The van der Waals surface area contributed by atoms with Crippen LogP contribution in [0.25, 0.3) is 0 Å². The van der Waals surface area contributed by atoms with Crippen molar-refractivity contribution in [3.8, 4) is 0 Å². The summed E-state index contributed by atoms with van der Waals surface area (Å²) in [5, 5.41) is 0. The molecule has 1 aromatic rings. The van der Waals surface area contributed by atoms with Crippen LogP contribution in [0.3, 0.4) is 0 Å². The van der Waals surface area contributed by atoms with Crippen LogP contribution >= 0.6 is 0 Å². The summed E-state index contributed by atoms with van der Waals surface area (Å²) in [5.74, 6) is 0. The molecule has 3 nitrogen and oxygen atoms in total. The first kappa shape index (κ1) is 11.6. The van der Waals surface area contributed by atoms with Crippen molar-refractivity contribution in [3.63, 3.8) is 0 Å². The summed E-state index contributed by atoms with van der Waals surface area (Å²) in [5.41, 5.74) is 2.48. The van der Waals surface area contributed by atoms with E-state index in [1.54, 1.807) is 13.2 Å². The van der Waals surface area contributed by atoms with Crippen LogP contribution in [0.4, 0.5) is 0 Å². The van der Waals surface area contributed by atoms with Crippen molar-refractivity contribution in [1.82, 2.24) is 0 Å². The lowest BCUT2D eigenvalue weighted by molar-refractivity contribution is 0.171. The van der Waals surface area contributed by atoms with Crippen molar-refractivity contribution in [2.24, 2.45) is 4.99 Å². The molecule has 2 aliphatic rings. The average Bonchev–Trinajstić information content (AvgIpc) is 3.27. The highest BCUT2D eigenvalue weighted by atomic mass is 16.5. The van der Waals surface area contributed by atoms with Gasteiger partial charge in [-0.3, -0.25) is 0 Å². The molecule has 2 aliphatic carbocycles. The summed E-state index contributed by atoms with van der Waals surface area (Å²) in [4.78, 5) is 14.4. The van der Waals surface area contributed by atoms with Crippen molar-refractivity contribution in [2.45, 2.75) is 36.6 Å². The van der Waals surface area contributed by atoms with Gasteiger partial charge in [-0.15, -0.1) is 0 Å². The quantitative estimate of drug-likeness (QED) is 0.589. The van der Waals surface area contributed by atoms with E-state index < -0.39 is 0 Å². The van der Waals surface area contributed by atoms with Crippen LogP contribution in [0.5, 0.6) is 0 Å². The van der Waals surface area contributed by atoms with E-state index in [0.717, 1.165) is 25.0 Å². The minimum absolute atomic E-state index is 0.248. The van der Waals surface area contributed by atoms with Crippen LogP contribution in [0.1, 0.15) is 36.8 Å². The molecular formula is C15H17NO2. The van der Waals surface area contributed by atoms with Crippen LogP contribution in [0.15, 0.2) is 29.3 Å². The Balaban J connectivity index is 1.84. The van der Waals surface area contributed by atoms with Gasteiger partial charge >= 0.3 is 0 Å². The summed E-state index contributed by atoms with van der Waals surface area (Å²) < 4.78 is 5.30. The maximum atomic E-state index is 10.4. The smallest absolute Gasteiger partial charge is 0.235 e. The van der Waals surface area contributed by atoms with Gasteiger partial charge in [-0.1, -0.05) is 24.3 Å². The Hall–Kier alpha value is -1.44. The van der Waals surface area contributed by atoms with Gasteiger partial charge in [0.2, 0.25) is 6.08 Å². The fourth-order valence-corrected chi connectivity index (χ4v) is 2.75. The molecule has 0 saturated heterocycles. The minimum atomic E-state index is -0.252. The van der Waals surface area contributed by atoms with Gasteiger partial charge in [0.1, 0.15) is 0 Å². The fourth-order valence-electron chi connectivity index (χ4n) is 2.75. The molecule has 0 unspecified atom stereocenters. The number of hydrogen-bond acceptors (Lipinski definition) is 3. The SMILES string of the molecule is COCC1(c2ccc(C3(N=C=O)CC3)cc2)CC1. The van der Waals surface area contributed by atoms with Gasteiger partial charge in [0.05, 0.1) is 12.1 Å². The molecule has 0 atom stereocenters. The molecule has 0 amide bonds. The molecule has 0 aliphatic heterocycles. The second kappa shape index (κ2) is 4.04. The predicted octanol–water partition coefficient (Wildman–Crippen LogP) is 2.69. The largest absolute Gasteiger partial charge is 0.384 e. The van der Waals surface area contributed by atoms with Crippen molar-refractivity contribution in [2.75, 3.05) is 13.7 Å². The highest BCUT2D eigenvalue weighted by molar-refractivity contribution is 5.43. The zero-order valence-electron chi connectivity index (χ0n) is 10.6. The number of rotatable bonds is 5. The number of hydrogen-bond donors (Lipinski definition) is 0. The molecule has 0 spiro atoms. The fraction of sp³-hybridized carbons (Fsp3) is 0.533. The molecule has 2 saturated carbocycles. The summed E-state index contributed by atoms with van der Waals surface area (Å²) >= 11 is 0. The summed E-state index contributed by atoms with van der Waals surface area (Å²) in [7, 11) is 1.76. The van der Waals surface area contributed by atoms with E-state index in [1.807, 2.05) is 0 Å². The highest BCUT2D eigenvalue weighted by Crippen LogP contribution is 2.51. The Bertz CT molecular complexity index is 492. The van der Waals surface area contributed by atoms with Gasteiger partial charge in [0.15, 0.2) is 0 Å². The molecule has 94 valence electrons. The molecule has 0 heterocycles. The number of carbonyl (C=O) groups excluding carboxylic acids is 1. The number of nitrogens with zero attached hydrogens (tertiary/aromatic N) is 1. The van der Waals surface area contributed by atoms with Crippen LogP contribution in [-0.4, -0.2) is 19.8 Å². The molecule has 0 aromatic heterocycles. The molecule has 18 heavy (non-hydrogen) atoms. The Kier molecular flexibility index (Phi) is 2.61. The normalized spacial score (nSPS) is 22.1. The van der Waals surface area contributed by atoms with E-state index in [1.165, 1.54) is 18.4 Å². The van der Waals surface area contributed by atoms with Gasteiger partial charge in [0, 0.05) is 12.5 Å². The van der Waals surface area contributed by atoms with E-state index in [9.17, 15) is 4.79 Å². The third-order valence-corrected chi connectivity index (χ3v) is 4.29. The van der Waals surface area contributed by atoms with E-state index in [4.69, 9.17) is 4.74 Å². The van der Waals surface area contributed by atoms with Crippen LogP contribution < -0.4 is 0 Å². The number of isocyanates is 1. The second-order valence-electron chi connectivity index (χ2n) is 5.53. The molecule has 0 N–H and O–H groups in total. The van der Waals surface area contributed by atoms with Crippen molar-refractivity contribution in [1.29, 1.82) is 0 Å². The summed E-state index contributed by atoms with van der Waals surface area (Å²) in [6.45, 7) is 0.796. The van der Waals surface area contributed by atoms with Crippen LogP contribution in [-0.2, 0) is 20.5 Å². The lowest BCUT2D eigenvalue weighted by Gasteiger charge is -2.16. The Morgan fingerprint density at radius 3 is 2.22 bits per heavy atom. The maximum Gasteiger partial charge on any atom is 0.235 e. The molecule has 2 fully saturated rings. The summed E-state index contributed by atoms with van der Waals surface area (Å²) in [6.07, 6.45) is 6.04. The van der Waals surface area contributed by atoms with E-state index in [-0.39, 0.29) is 11.0 Å². The third-order valence-electron chi connectivity index (χ3n) is 4.29. The molecule has 0 bridgehead atoms. The van der Waals surface area contributed by atoms with Gasteiger partial charge < -0.3 is 4.74 Å². The molecule has 3 rings (SSSR count). The number of ether oxygens (including phenoxy) is 1. The highest BCUT2D eigenvalue weighted by Gasteiger charge is 2.46. The maximum absolute atomic E-state index is 10.4. The standard InChI is InChI=1S/C15H17NO2/c1-18-10-14(6-7-14)12-2-4-13(5-3-12)15(8-9-15)16-11-17/h2-5H,6-10H2,1H3. The van der Waals surface area contributed by atoms with Gasteiger partial charge in [-0.05, 0) is 36.8 Å². The topological polar surface area (TPSA) is 38.7 Å². The van der Waals surface area contributed by atoms with Gasteiger partial charge in [-0.25, -0.2) is 4.79 Å². The van der Waals surface area contributed by atoms with Crippen molar-refractivity contribution >= 4 is 6.08 Å². The van der Waals surface area contributed by atoms with E-state index >= 15 is 0 Å². The first-order valence-corrected chi connectivity index (χ1v) is 6.44. The Labute approximate surface area is 107 Å². The van der Waals surface area contributed by atoms with Crippen LogP contribution in [0.2, 0.25) is 0 Å².